The molecule has 0 radical (unpaired) electrons. The maximum Gasteiger partial charge on any atom is 0.0127 e. The van der Waals surface area contributed by atoms with Crippen LogP contribution in [0, 0.1) is 5.41 Å². The van der Waals surface area contributed by atoms with Crippen molar-refractivity contribution in [1.82, 2.24) is 5.32 Å². The minimum Gasteiger partial charge on any atom is -0.330 e. The van der Waals surface area contributed by atoms with Crippen molar-refractivity contribution in [3.63, 3.8) is 0 Å². The van der Waals surface area contributed by atoms with E-state index in [0.717, 1.165) is 6.54 Å². The van der Waals surface area contributed by atoms with Crippen LogP contribution in [0.4, 0.5) is 0 Å². The molecule has 0 heterocycles. The molecule has 11 heavy (non-hydrogen) atoms. The quantitative estimate of drug-likeness (QED) is 0.634. The lowest BCUT2D eigenvalue weighted by atomic mass is 9.82. The summed E-state index contributed by atoms with van der Waals surface area (Å²) < 4.78 is 0. The van der Waals surface area contributed by atoms with E-state index in [1.54, 1.807) is 0 Å². The van der Waals surface area contributed by atoms with Gasteiger partial charge in [-0.1, -0.05) is 27.2 Å². The molecule has 0 aromatic carbocycles. The van der Waals surface area contributed by atoms with Gasteiger partial charge >= 0.3 is 0 Å². The van der Waals surface area contributed by atoms with Gasteiger partial charge in [0, 0.05) is 6.04 Å². The first-order chi connectivity index (χ1) is 5.08. The lowest BCUT2D eigenvalue weighted by Crippen LogP contribution is -2.44. The first-order valence-electron chi connectivity index (χ1n) is 4.45. The molecule has 68 valence electrons. The van der Waals surface area contributed by atoms with Crippen LogP contribution < -0.4 is 11.1 Å². The summed E-state index contributed by atoms with van der Waals surface area (Å²) in [7, 11) is 2.01. The van der Waals surface area contributed by atoms with Crippen LogP contribution >= 0.6 is 0 Å². The van der Waals surface area contributed by atoms with Gasteiger partial charge in [0.15, 0.2) is 0 Å². The molecule has 0 aliphatic heterocycles. The molecule has 3 N–H and O–H groups in total. The Kier molecular flexibility index (Phi) is 4.69. The van der Waals surface area contributed by atoms with Crippen molar-refractivity contribution in [2.24, 2.45) is 11.1 Å². The standard InChI is InChI=1S/C9H22N2/c1-5-6-8(11-4)9(2,3)7-10/h8,11H,5-7,10H2,1-4H3. The molecule has 1 unspecified atom stereocenters. The van der Waals surface area contributed by atoms with Gasteiger partial charge in [-0.05, 0) is 25.4 Å². The van der Waals surface area contributed by atoms with Gasteiger partial charge in [-0.15, -0.1) is 0 Å². The van der Waals surface area contributed by atoms with Crippen LogP contribution in [0.15, 0.2) is 0 Å². The molecule has 0 rings (SSSR count). The Morgan fingerprint density at radius 3 is 2.27 bits per heavy atom. The van der Waals surface area contributed by atoms with Crippen LogP contribution in [0.3, 0.4) is 0 Å². The summed E-state index contributed by atoms with van der Waals surface area (Å²) in [6.45, 7) is 7.38. The van der Waals surface area contributed by atoms with Crippen molar-refractivity contribution in [2.75, 3.05) is 13.6 Å². The van der Waals surface area contributed by atoms with Gasteiger partial charge in [0.05, 0.1) is 0 Å². The molecule has 0 aromatic heterocycles. The average molecular weight is 158 g/mol. The summed E-state index contributed by atoms with van der Waals surface area (Å²) in [4.78, 5) is 0. The highest BCUT2D eigenvalue weighted by Gasteiger charge is 2.25. The molecule has 2 nitrogen and oxygen atoms in total. The van der Waals surface area contributed by atoms with E-state index in [9.17, 15) is 0 Å². The van der Waals surface area contributed by atoms with Crippen LogP contribution in [0.5, 0.6) is 0 Å². The van der Waals surface area contributed by atoms with E-state index in [1.807, 2.05) is 7.05 Å². The number of hydrogen-bond acceptors (Lipinski definition) is 2. The smallest absolute Gasteiger partial charge is 0.0127 e. The Bertz CT molecular complexity index is 99.7. The third kappa shape index (κ3) is 3.21. The third-order valence-electron chi connectivity index (χ3n) is 2.40. The second-order valence-corrected chi connectivity index (χ2v) is 3.82. The van der Waals surface area contributed by atoms with Crippen LogP contribution in [0.25, 0.3) is 0 Å². The van der Waals surface area contributed by atoms with E-state index in [1.165, 1.54) is 12.8 Å². The Hall–Kier alpha value is -0.0800. The van der Waals surface area contributed by atoms with Gasteiger partial charge < -0.3 is 11.1 Å². The van der Waals surface area contributed by atoms with E-state index in [0.29, 0.717) is 6.04 Å². The van der Waals surface area contributed by atoms with Gasteiger partial charge in [-0.25, -0.2) is 0 Å². The number of hydrogen-bond donors (Lipinski definition) is 2. The highest BCUT2D eigenvalue weighted by molar-refractivity contribution is 4.83. The van der Waals surface area contributed by atoms with Crippen LogP contribution in [-0.4, -0.2) is 19.6 Å². The molecule has 0 aliphatic rings. The van der Waals surface area contributed by atoms with Crippen molar-refractivity contribution < 1.29 is 0 Å². The molecule has 0 amide bonds. The summed E-state index contributed by atoms with van der Waals surface area (Å²) in [6, 6.07) is 0.553. The topological polar surface area (TPSA) is 38.0 Å². The predicted molar refractivity (Wildman–Crippen MR) is 50.6 cm³/mol. The van der Waals surface area contributed by atoms with Crippen molar-refractivity contribution in [3.05, 3.63) is 0 Å². The lowest BCUT2D eigenvalue weighted by Gasteiger charge is -2.32. The fourth-order valence-electron chi connectivity index (χ4n) is 1.36. The zero-order chi connectivity index (χ0) is 8.91. The van der Waals surface area contributed by atoms with Crippen molar-refractivity contribution in [1.29, 1.82) is 0 Å². The van der Waals surface area contributed by atoms with E-state index < -0.39 is 0 Å². The lowest BCUT2D eigenvalue weighted by molar-refractivity contribution is 0.247. The normalized spacial score (nSPS) is 15.0. The summed E-state index contributed by atoms with van der Waals surface area (Å²) >= 11 is 0. The molecule has 0 saturated carbocycles. The SMILES string of the molecule is CCCC(NC)C(C)(C)CN. The highest BCUT2D eigenvalue weighted by Crippen LogP contribution is 2.21. The van der Waals surface area contributed by atoms with Crippen LogP contribution in [0.1, 0.15) is 33.6 Å². The minimum atomic E-state index is 0.227. The molecule has 0 saturated heterocycles. The van der Waals surface area contributed by atoms with E-state index in [2.05, 4.69) is 26.1 Å². The van der Waals surface area contributed by atoms with Crippen molar-refractivity contribution in [3.8, 4) is 0 Å². The molecular weight excluding hydrogens is 136 g/mol. The molecule has 0 fully saturated rings. The van der Waals surface area contributed by atoms with Gasteiger partial charge in [0.25, 0.3) is 0 Å². The largest absolute Gasteiger partial charge is 0.330 e. The van der Waals surface area contributed by atoms with Gasteiger partial charge in [-0.3, -0.25) is 0 Å². The second kappa shape index (κ2) is 4.73. The summed E-state index contributed by atoms with van der Waals surface area (Å²) in [5.74, 6) is 0. The molecule has 0 aliphatic carbocycles. The summed E-state index contributed by atoms with van der Waals surface area (Å²) in [6.07, 6.45) is 2.43. The summed E-state index contributed by atoms with van der Waals surface area (Å²) in [5.41, 5.74) is 5.90. The Morgan fingerprint density at radius 1 is 1.45 bits per heavy atom. The van der Waals surface area contributed by atoms with E-state index in [-0.39, 0.29) is 5.41 Å². The fourth-order valence-corrected chi connectivity index (χ4v) is 1.36. The zero-order valence-corrected chi connectivity index (χ0v) is 8.28. The minimum absolute atomic E-state index is 0.227. The first kappa shape index (κ1) is 10.9. The zero-order valence-electron chi connectivity index (χ0n) is 8.28. The van der Waals surface area contributed by atoms with E-state index >= 15 is 0 Å². The van der Waals surface area contributed by atoms with Crippen LogP contribution in [-0.2, 0) is 0 Å². The molecular formula is C9H22N2. The summed E-state index contributed by atoms with van der Waals surface area (Å²) in [5, 5.41) is 3.31. The average Bonchev–Trinajstić information content (AvgIpc) is 2.00. The number of nitrogens with one attached hydrogen (secondary N) is 1. The van der Waals surface area contributed by atoms with E-state index in [4.69, 9.17) is 5.73 Å². The van der Waals surface area contributed by atoms with Crippen LogP contribution in [0.2, 0.25) is 0 Å². The molecule has 0 aromatic rings. The molecule has 0 bridgehead atoms. The first-order valence-corrected chi connectivity index (χ1v) is 4.45. The Morgan fingerprint density at radius 2 is 2.00 bits per heavy atom. The van der Waals surface area contributed by atoms with Gasteiger partial charge in [-0.2, -0.15) is 0 Å². The number of nitrogens with two attached hydrogens (primary N) is 1. The maximum absolute atomic E-state index is 5.67. The molecule has 0 spiro atoms. The fraction of sp³-hybridized carbons (Fsp3) is 1.00. The molecule has 1 atom stereocenters. The Labute approximate surface area is 70.5 Å². The van der Waals surface area contributed by atoms with Gasteiger partial charge in [0.2, 0.25) is 0 Å². The maximum atomic E-state index is 5.67. The number of rotatable bonds is 5. The molecule has 2 heteroatoms. The monoisotopic (exact) mass is 158 g/mol. The van der Waals surface area contributed by atoms with Crippen molar-refractivity contribution in [2.45, 2.75) is 39.7 Å². The second-order valence-electron chi connectivity index (χ2n) is 3.82. The third-order valence-corrected chi connectivity index (χ3v) is 2.40. The predicted octanol–water partition coefficient (Wildman–Crippen LogP) is 1.36. The van der Waals surface area contributed by atoms with Gasteiger partial charge in [0.1, 0.15) is 0 Å². The van der Waals surface area contributed by atoms with Crippen molar-refractivity contribution >= 4 is 0 Å². The Balaban J connectivity index is 3.99. The highest BCUT2D eigenvalue weighted by atomic mass is 14.9.